The molecule has 0 amide bonds. The van der Waals surface area contributed by atoms with Gasteiger partial charge in [0.15, 0.2) is 6.10 Å². The highest BCUT2D eigenvalue weighted by molar-refractivity contribution is 5.75. The first kappa shape index (κ1) is 8.05. The van der Waals surface area contributed by atoms with Gasteiger partial charge in [-0.3, -0.25) is 0 Å². The van der Waals surface area contributed by atoms with Crippen LogP contribution in [0.3, 0.4) is 0 Å². The molecule has 2 rings (SSSR count). The van der Waals surface area contributed by atoms with E-state index in [1.165, 1.54) is 0 Å². The molecule has 0 aromatic rings. The number of carbonyl (C=O) groups excluding carboxylic acids is 1. The molecule has 3 nitrogen and oxygen atoms in total. The van der Waals surface area contributed by atoms with E-state index in [9.17, 15) is 4.79 Å². The van der Waals surface area contributed by atoms with Gasteiger partial charge in [0.2, 0.25) is 0 Å². The minimum absolute atomic E-state index is 0.141. The molecule has 3 heteroatoms. The maximum atomic E-state index is 11.3. The van der Waals surface area contributed by atoms with E-state index < -0.39 is 0 Å². The second-order valence-electron chi connectivity index (χ2n) is 3.49. The molecule has 2 aliphatic rings. The lowest BCUT2D eigenvalue weighted by atomic mass is 10.1. The summed E-state index contributed by atoms with van der Waals surface area (Å²) in [5.41, 5.74) is 0. The van der Waals surface area contributed by atoms with Crippen molar-refractivity contribution < 1.29 is 14.3 Å². The summed E-state index contributed by atoms with van der Waals surface area (Å²) in [4.78, 5) is 11.3. The number of hydrogen-bond acceptors (Lipinski definition) is 3. The van der Waals surface area contributed by atoms with Crippen molar-refractivity contribution in [1.82, 2.24) is 0 Å². The molecule has 12 heavy (non-hydrogen) atoms. The fourth-order valence-electron chi connectivity index (χ4n) is 1.35. The van der Waals surface area contributed by atoms with Gasteiger partial charge >= 0.3 is 5.97 Å². The Labute approximate surface area is 72.0 Å². The summed E-state index contributed by atoms with van der Waals surface area (Å²) >= 11 is 0. The van der Waals surface area contributed by atoms with Gasteiger partial charge < -0.3 is 9.47 Å². The van der Waals surface area contributed by atoms with Crippen LogP contribution in [0.25, 0.3) is 0 Å². The van der Waals surface area contributed by atoms with Crippen LogP contribution in [0.1, 0.15) is 32.1 Å². The second-order valence-corrected chi connectivity index (χ2v) is 3.49. The Morgan fingerprint density at radius 2 is 2.08 bits per heavy atom. The fraction of sp³-hybridized carbons (Fsp3) is 0.889. The molecule has 0 radical (unpaired) electrons. The predicted molar refractivity (Wildman–Crippen MR) is 42.7 cm³/mol. The minimum Gasteiger partial charge on any atom is -0.460 e. The molecule has 1 heterocycles. The van der Waals surface area contributed by atoms with Gasteiger partial charge in [0, 0.05) is 6.61 Å². The maximum absolute atomic E-state index is 11.3. The van der Waals surface area contributed by atoms with Gasteiger partial charge in [0.25, 0.3) is 0 Å². The van der Waals surface area contributed by atoms with Crippen LogP contribution >= 0.6 is 0 Å². The van der Waals surface area contributed by atoms with Gasteiger partial charge in [0.1, 0.15) is 6.10 Å². The average Bonchev–Trinajstić information content (AvgIpc) is 2.90. The van der Waals surface area contributed by atoms with Crippen molar-refractivity contribution in [3.05, 3.63) is 0 Å². The van der Waals surface area contributed by atoms with E-state index in [2.05, 4.69) is 0 Å². The van der Waals surface area contributed by atoms with Gasteiger partial charge in [-0.05, 0) is 32.1 Å². The molecule has 0 bridgehead atoms. The molecule has 2 fully saturated rings. The number of esters is 1. The van der Waals surface area contributed by atoms with Gasteiger partial charge in [-0.15, -0.1) is 0 Å². The van der Waals surface area contributed by atoms with E-state index in [1.54, 1.807) is 0 Å². The van der Waals surface area contributed by atoms with Crippen LogP contribution in [-0.2, 0) is 14.3 Å². The summed E-state index contributed by atoms with van der Waals surface area (Å²) in [6.07, 6.45) is 5.03. The standard InChI is InChI=1S/C9H14O3/c10-9(12-7-4-5-7)8-3-1-2-6-11-8/h7-8H,1-6H2. The molecule has 1 unspecified atom stereocenters. The van der Waals surface area contributed by atoms with Crippen molar-refractivity contribution in [2.45, 2.75) is 44.3 Å². The van der Waals surface area contributed by atoms with Crippen LogP contribution in [0.4, 0.5) is 0 Å². The van der Waals surface area contributed by atoms with E-state index in [4.69, 9.17) is 9.47 Å². The van der Waals surface area contributed by atoms with Crippen molar-refractivity contribution in [3.8, 4) is 0 Å². The molecule has 68 valence electrons. The topological polar surface area (TPSA) is 35.5 Å². The summed E-state index contributed by atoms with van der Waals surface area (Å²) in [7, 11) is 0. The SMILES string of the molecule is O=C(OC1CC1)C1CCCCO1. The van der Waals surface area contributed by atoms with Crippen molar-refractivity contribution in [3.63, 3.8) is 0 Å². The second kappa shape index (κ2) is 3.44. The van der Waals surface area contributed by atoms with E-state index in [-0.39, 0.29) is 18.2 Å². The average molecular weight is 170 g/mol. The first-order valence-electron chi connectivity index (χ1n) is 4.68. The third-order valence-corrected chi connectivity index (χ3v) is 2.25. The first-order chi connectivity index (χ1) is 5.86. The lowest BCUT2D eigenvalue weighted by molar-refractivity contribution is -0.161. The molecule has 1 saturated heterocycles. The highest BCUT2D eigenvalue weighted by atomic mass is 16.6. The van der Waals surface area contributed by atoms with Crippen LogP contribution in [-0.4, -0.2) is 24.8 Å². The summed E-state index contributed by atoms with van der Waals surface area (Å²) in [5, 5.41) is 0. The van der Waals surface area contributed by atoms with Crippen molar-refractivity contribution in [2.75, 3.05) is 6.61 Å². The fourth-order valence-corrected chi connectivity index (χ4v) is 1.35. The molecule has 0 aromatic carbocycles. The molecule has 1 saturated carbocycles. The molecule has 0 aromatic heterocycles. The Balaban J connectivity index is 1.76. The monoisotopic (exact) mass is 170 g/mol. The predicted octanol–water partition coefficient (Wildman–Crippen LogP) is 1.26. The quantitative estimate of drug-likeness (QED) is 0.585. The highest BCUT2D eigenvalue weighted by Crippen LogP contribution is 2.25. The molecular formula is C9H14O3. The maximum Gasteiger partial charge on any atom is 0.335 e. The summed E-state index contributed by atoms with van der Waals surface area (Å²) in [5.74, 6) is -0.141. The van der Waals surface area contributed by atoms with Crippen molar-refractivity contribution in [1.29, 1.82) is 0 Å². The van der Waals surface area contributed by atoms with Gasteiger partial charge in [-0.1, -0.05) is 0 Å². The minimum atomic E-state index is -0.264. The Morgan fingerprint density at radius 3 is 2.67 bits per heavy atom. The number of carbonyl (C=O) groups is 1. The van der Waals surface area contributed by atoms with E-state index >= 15 is 0 Å². The zero-order valence-corrected chi connectivity index (χ0v) is 7.12. The Hall–Kier alpha value is -0.570. The normalized spacial score (nSPS) is 29.8. The lowest BCUT2D eigenvalue weighted by Crippen LogP contribution is -2.30. The summed E-state index contributed by atoms with van der Waals surface area (Å²) in [6, 6.07) is 0. The van der Waals surface area contributed by atoms with Gasteiger partial charge in [-0.25, -0.2) is 4.79 Å². The van der Waals surface area contributed by atoms with Crippen molar-refractivity contribution in [2.24, 2.45) is 0 Å². The number of rotatable bonds is 2. The lowest BCUT2D eigenvalue weighted by Gasteiger charge is -2.20. The third kappa shape index (κ3) is 1.97. The third-order valence-electron chi connectivity index (χ3n) is 2.25. The Kier molecular flexibility index (Phi) is 2.30. The molecule has 1 atom stereocenters. The Bertz CT molecular complexity index is 169. The largest absolute Gasteiger partial charge is 0.460 e. The van der Waals surface area contributed by atoms with Crippen LogP contribution in [0.2, 0.25) is 0 Å². The molecule has 1 aliphatic carbocycles. The van der Waals surface area contributed by atoms with Gasteiger partial charge in [-0.2, -0.15) is 0 Å². The number of hydrogen-bond donors (Lipinski definition) is 0. The van der Waals surface area contributed by atoms with Crippen LogP contribution in [0.5, 0.6) is 0 Å². The zero-order chi connectivity index (χ0) is 8.39. The van der Waals surface area contributed by atoms with E-state index in [1.807, 2.05) is 0 Å². The number of ether oxygens (including phenoxy) is 2. The van der Waals surface area contributed by atoms with Crippen LogP contribution in [0.15, 0.2) is 0 Å². The molecule has 1 aliphatic heterocycles. The zero-order valence-electron chi connectivity index (χ0n) is 7.12. The summed E-state index contributed by atoms with van der Waals surface area (Å²) < 4.78 is 10.4. The van der Waals surface area contributed by atoms with Crippen LogP contribution in [0, 0.1) is 0 Å². The first-order valence-corrected chi connectivity index (χ1v) is 4.68. The molecule has 0 spiro atoms. The highest BCUT2D eigenvalue weighted by Gasteiger charge is 2.31. The smallest absolute Gasteiger partial charge is 0.335 e. The van der Waals surface area contributed by atoms with E-state index in [0.717, 1.165) is 32.1 Å². The molecule has 0 N–H and O–H groups in total. The molecular weight excluding hydrogens is 156 g/mol. The van der Waals surface area contributed by atoms with Gasteiger partial charge in [0.05, 0.1) is 0 Å². The summed E-state index contributed by atoms with van der Waals surface area (Å²) in [6.45, 7) is 0.713. The van der Waals surface area contributed by atoms with E-state index in [0.29, 0.717) is 6.61 Å². The van der Waals surface area contributed by atoms with Crippen molar-refractivity contribution >= 4 is 5.97 Å². The Morgan fingerprint density at radius 1 is 1.25 bits per heavy atom. The van der Waals surface area contributed by atoms with Crippen LogP contribution < -0.4 is 0 Å².